The van der Waals surface area contributed by atoms with Gasteiger partial charge in [0.1, 0.15) is 11.5 Å². The van der Waals surface area contributed by atoms with Gasteiger partial charge in [-0.1, -0.05) is 48.0 Å². The molecule has 1 aromatic heterocycles. The van der Waals surface area contributed by atoms with Crippen molar-refractivity contribution in [3.8, 4) is 11.3 Å². The molecule has 0 saturated carbocycles. The molecule has 0 saturated heterocycles. The van der Waals surface area contributed by atoms with E-state index in [0.29, 0.717) is 22.5 Å². The number of aromatic nitrogens is 2. The van der Waals surface area contributed by atoms with Gasteiger partial charge in [0.2, 0.25) is 0 Å². The van der Waals surface area contributed by atoms with Crippen LogP contribution < -0.4 is 4.90 Å². The van der Waals surface area contributed by atoms with Gasteiger partial charge in [-0.3, -0.25) is 14.8 Å². The number of nitrogens with zero attached hydrogens (tertiary/aromatic N) is 2. The van der Waals surface area contributed by atoms with Gasteiger partial charge >= 0.3 is 5.97 Å². The number of amides is 1. The average Bonchev–Trinajstić information content (AvgIpc) is 3.34. The van der Waals surface area contributed by atoms with Gasteiger partial charge in [-0.25, -0.2) is 9.18 Å². The molecule has 3 aromatic carbocycles. The molecule has 1 amide bonds. The third-order valence-corrected chi connectivity index (χ3v) is 5.69. The lowest BCUT2D eigenvalue weighted by Crippen LogP contribution is -2.29. The smallest absolute Gasteiger partial charge is 0.335 e. The first-order chi connectivity index (χ1) is 15.5. The number of aromatic carboxylic acids is 1. The summed E-state index contributed by atoms with van der Waals surface area (Å²) in [6.45, 7) is 1.98. The lowest BCUT2D eigenvalue weighted by atomic mass is 9.95. The van der Waals surface area contributed by atoms with Crippen molar-refractivity contribution in [2.45, 2.75) is 13.0 Å². The standard InChI is InChI=1S/C25H18FN3O3/c1-14-6-8-15(9-7-14)21-20-22(28-27-21)24(30)29(17-12-10-16(11-13-17)25(31)32)23(20)18-4-2-3-5-19(18)26/h2-13,23H,1H3,(H,27,28)(H,31,32)/t23-/m1/s1. The van der Waals surface area contributed by atoms with Crippen molar-refractivity contribution in [2.24, 2.45) is 0 Å². The predicted octanol–water partition coefficient (Wildman–Crippen LogP) is 4.97. The van der Waals surface area contributed by atoms with E-state index in [1.807, 2.05) is 31.2 Å². The highest BCUT2D eigenvalue weighted by Crippen LogP contribution is 2.45. The molecule has 4 aromatic rings. The number of carboxylic acid groups (broad SMARTS) is 1. The zero-order chi connectivity index (χ0) is 22.4. The summed E-state index contributed by atoms with van der Waals surface area (Å²) in [4.78, 5) is 26.2. The molecule has 0 unspecified atom stereocenters. The van der Waals surface area contributed by atoms with Crippen molar-refractivity contribution in [2.75, 3.05) is 4.90 Å². The van der Waals surface area contributed by atoms with Crippen LogP contribution in [0, 0.1) is 12.7 Å². The summed E-state index contributed by atoms with van der Waals surface area (Å²) >= 11 is 0. The van der Waals surface area contributed by atoms with Crippen molar-refractivity contribution >= 4 is 17.6 Å². The summed E-state index contributed by atoms with van der Waals surface area (Å²) in [7, 11) is 0. The van der Waals surface area contributed by atoms with E-state index >= 15 is 0 Å². The van der Waals surface area contributed by atoms with Crippen LogP contribution in [0.4, 0.5) is 10.1 Å². The summed E-state index contributed by atoms with van der Waals surface area (Å²) in [5.74, 6) is -1.87. The number of aromatic amines is 1. The van der Waals surface area contributed by atoms with Gasteiger partial charge in [0.25, 0.3) is 5.91 Å². The second-order valence-corrected chi connectivity index (χ2v) is 7.68. The van der Waals surface area contributed by atoms with Gasteiger partial charge in [-0.05, 0) is 37.3 Å². The Balaban J connectivity index is 1.71. The summed E-state index contributed by atoms with van der Waals surface area (Å²) in [5, 5.41) is 16.4. The Morgan fingerprint density at radius 2 is 1.72 bits per heavy atom. The Kier molecular flexibility index (Phi) is 4.59. The Morgan fingerprint density at radius 1 is 1.03 bits per heavy atom. The number of carbonyl (C=O) groups is 2. The van der Waals surface area contributed by atoms with Crippen LogP contribution in [0.15, 0.2) is 72.8 Å². The van der Waals surface area contributed by atoms with Crippen molar-refractivity contribution in [1.82, 2.24) is 10.2 Å². The number of anilines is 1. The normalized spacial score (nSPS) is 15.1. The molecule has 158 valence electrons. The molecular weight excluding hydrogens is 409 g/mol. The topological polar surface area (TPSA) is 86.3 Å². The van der Waals surface area contributed by atoms with Crippen molar-refractivity contribution in [1.29, 1.82) is 0 Å². The number of hydrogen-bond donors (Lipinski definition) is 2. The van der Waals surface area contributed by atoms with Crippen molar-refractivity contribution in [3.63, 3.8) is 0 Å². The molecule has 0 fully saturated rings. The molecule has 2 N–H and O–H groups in total. The number of fused-ring (bicyclic) bond motifs is 1. The second-order valence-electron chi connectivity index (χ2n) is 7.68. The van der Waals surface area contributed by atoms with Crippen molar-refractivity contribution in [3.05, 3.63) is 107 Å². The molecule has 0 spiro atoms. The van der Waals surface area contributed by atoms with Crippen LogP contribution in [0.2, 0.25) is 0 Å². The van der Waals surface area contributed by atoms with Gasteiger partial charge in [0, 0.05) is 22.4 Å². The molecule has 1 aliphatic heterocycles. The lowest BCUT2D eigenvalue weighted by Gasteiger charge is -2.27. The second kappa shape index (κ2) is 7.46. The predicted molar refractivity (Wildman–Crippen MR) is 117 cm³/mol. The number of rotatable bonds is 4. The first-order valence-corrected chi connectivity index (χ1v) is 10.0. The maximum absolute atomic E-state index is 15.0. The highest BCUT2D eigenvalue weighted by atomic mass is 19.1. The van der Waals surface area contributed by atoms with Crippen LogP contribution in [0.1, 0.15) is 43.6 Å². The largest absolute Gasteiger partial charge is 0.478 e. The van der Waals surface area contributed by atoms with E-state index in [2.05, 4.69) is 10.2 Å². The number of carbonyl (C=O) groups excluding carboxylic acids is 1. The van der Waals surface area contributed by atoms with E-state index in [0.717, 1.165) is 11.1 Å². The molecule has 7 heteroatoms. The minimum Gasteiger partial charge on any atom is -0.478 e. The molecule has 2 heterocycles. The van der Waals surface area contributed by atoms with Gasteiger partial charge in [0.05, 0.1) is 17.3 Å². The monoisotopic (exact) mass is 427 g/mol. The zero-order valence-electron chi connectivity index (χ0n) is 17.0. The van der Waals surface area contributed by atoms with Gasteiger partial charge in [-0.15, -0.1) is 0 Å². The van der Waals surface area contributed by atoms with E-state index < -0.39 is 17.8 Å². The van der Waals surface area contributed by atoms with E-state index in [-0.39, 0.29) is 17.2 Å². The summed E-state index contributed by atoms with van der Waals surface area (Å²) < 4.78 is 15.0. The molecule has 5 rings (SSSR count). The highest BCUT2D eigenvalue weighted by molar-refractivity contribution is 6.11. The summed E-state index contributed by atoms with van der Waals surface area (Å²) in [5.41, 5.74) is 4.24. The first-order valence-electron chi connectivity index (χ1n) is 10.0. The Hall–Kier alpha value is -4.26. The molecular formula is C25H18FN3O3. The summed E-state index contributed by atoms with van der Waals surface area (Å²) in [6.07, 6.45) is 0. The van der Waals surface area contributed by atoms with Gasteiger partial charge in [-0.2, -0.15) is 5.10 Å². The highest BCUT2D eigenvalue weighted by Gasteiger charge is 2.44. The number of aryl methyl sites for hydroxylation is 1. The Morgan fingerprint density at radius 3 is 2.38 bits per heavy atom. The van der Waals surface area contributed by atoms with Gasteiger partial charge in [0.15, 0.2) is 0 Å². The Labute approximate surface area is 182 Å². The number of hydrogen-bond acceptors (Lipinski definition) is 3. The quantitative estimate of drug-likeness (QED) is 0.481. The maximum atomic E-state index is 15.0. The minimum atomic E-state index is -1.06. The van der Waals surface area contributed by atoms with Crippen LogP contribution in [0.5, 0.6) is 0 Å². The number of H-pyrrole nitrogens is 1. The fraction of sp³-hybridized carbons (Fsp3) is 0.0800. The molecule has 32 heavy (non-hydrogen) atoms. The Bertz CT molecular complexity index is 1340. The SMILES string of the molecule is Cc1ccc(-c2n[nH]c3c2[C@@H](c2ccccc2F)N(c2ccc(C(=O)O)cc2)C3=O)cc1. The zero-order valence-corrected chi connectivity index (χ0v) is 17.0. The molecule has 6 nitrogen and oxygen atoms in total. The van der Waals surface area contributed by atoms with Gasteiger partial charge < -0.3 is 5.11 Å². The van der Waals surface area contributed by atoms with E-state index in [4.69, 9.17) is 0 Å². The fourth-order valence-corrected chi connectivity index (χ4v) is 4.10. The van der Waals surface area contributed by atoms with Crippen LogP contribution >= 0.6 is 0 Å². The first kappa shape index (κ1) is 19.7. The molecule has 1 atom stereocenters. The average molecular weight is 427 g/mol. The molecule has 0 radical (unpaired) electrons. The molecule has 0 aliphatic carbocycles. The van der Waals surface area contributed by atoms with E-state index in [1.165, 1.54) is 23.1 Å². The maximum Gasteiger partial charge on any atom is 0.335 e. The molecule has 1 aliphatic rings. The van der Waals surface area contributed by atoms with Crippen LogP contribution in [-0.4, -0.2) is 27.2 Å². The summed E-state index contributed by atoms with van der Waals surface area (Å²) in [6, 6.07) is 19.3. The van der Waals surface area contributed by atoms with Crippen LogP contribution in [0.3, 0.4) is 0 Å². The van der Waals surface area contributed by atoms with Crippen molar-refractivity contribution < 1.29 is 19.1 Å². The number of carboxylic acids is 1. The number of halogens is 1. The fourth-order valence-electron chi connectivity index (χ4n) is 4.10. The van der Waals surface area contributed by atoms with Crippen LogP contribution in [-0.2, 0) is 0 Å². The van der Waals surface area contributed by atoms with Crippen LogP contribution in [0.25, 0.3) is 11.3 Å². The lowest BCUT2D eigenvalue weighted by molar-refractivity contribution is 0.0696. The van der Waals surface area contributed by atoms with E-state index in [1.54, 1.807) is 30.3 Å². The third-order valence-electron chi connectivity index (χ3n) is 5.69. The van der Waals surface area contributed by atoms with E-state index in [9.17, 15) is 19.1 Å². The number of benzene rings is 3. The third kappa shape index (κ3) is 3.06. The molecule has 0 bridgehead atoms. The minimum absolute atomic E-state index is 0.100. The number of nitrogens with one attached hydrogen (secondary N) is 1.